The van der Waals surface area contributed by atoms with E-state index >= 15 is 0 Å². The third-order valence-corrected chi connectivity index (χ3v) is 4.47. The number of hydrogen-bond acceptors (Lipinski definition) is 3. The second kappa shape index (κ2) is 8.47. The second-order valence-electron chi connectivity index (χ2n) is 6.40. The van der Waals surface area contributed by atoms with Gasteiger partial charge in [-0.25, -0.2) is 4.79 Å². The van der Waals surface area contributed by atoms with Crippen LogP contribution >= 0.6 is 0 Å². The van der Waals surface area contributed by atoms with Gasteiger partial charge in [0, 0.05) is 6.08 Å². The molecular weight excluding hydrogens is 336 g/mol. The van der Waals surface area contributed by atoms with Gasteiger partial charge in [0.25, 0.3) is 0 Å². The van der Waals surface area contributed by atoms with E-state index < -0.39 is 5.97 Å². The summed E-state index contributed by atoms with van der Waals surface area (Å²) in [5, 5.41) is 9.21. The number of esters is 1. The lowest BCUT2D eigenvalue weighted by Crippen LogP contribution is -2.02. The Kier molecular flexibility index (Phi) is 5.84. The smallest absolute Gasteiger partial charge is 0.330 e. The van der Waals surface area contributed by atoms with Crippen molar-refractivity contribution in [3.63, 3.8) is 0 Å². The van der Waals surface area contributed by atoms with E-state index in [9.17, 15) is 9.90 Å². The summed E-state index contributed by atoms with van der Waals surface area (Å²) in [5.74, 6) is -0.442. The molecule has 0 unspecified atom stereocenters. The Morgan fingerprint density at radius 1 is 0.963 bits per heavy atom. The zero-order chi connectivity index (χ0) is 19.2. The Labute approximate surface area is 159 Å². The Morgan fingerprint density at radius 3 is 2.22 bits per heavy atom. The maximum Gasteiger partial charge on any atom is 0.330 e. The molecule has 3 aromatic carbocycles. The number of benzene rings is 3. The van der Waals surface area contributed by atoms with Crippen molar-refractivity contribution in [2.24, 2.45) is 0 Å². The number of ether oxygens (including phenoxy) is 1. The van der Waals surface area contributed by atoms with Gasteiger partial charge in [0.15, 0.2) is 0 Å². The van der Waals surface area contributed by atoms with E-state index in [1.165, 1.54) is 11.6 Å². The molecule has 0 aromatic heterocycles. The van der Waals surface area contributed by atoms with Gasteiger partial charge < -0.3 is 9.84 Å². The van der Waals surface area contributed by atoms with Crippen LogP contribution in [0.3, 0.4) is 0 Å². The molecule has 0 atom stereocenters. The molecule has 0 spiro atoms. The van der Waals surface area contributed by atoms with Crippen LogP contribution in [0.2, 0.25) is 0 Å². The molecule has 3 nitrogen and oxygen atoms in total. The maximum atomic E-state index is 11.5. The molecule has 0 aliphatic rings. The lowest BCUT2D eigenvalue weighted by molar-refractivity contribution is -0.138. The molecule has 136 valence electrons. The summed E-state index contributed by atoms with van der Waals surface area (Å²) in [7, 11) is 0. The predicted octanol–water partition coefficient (Wildman–Crippen LogP) is 5.05. The van der Waals surface area contributed by atoms with Crippen molar-refractivity contribution in [1.29, 1.82) is 0 Å². The van der Waals surface area contributed by atoms with E-state index in [1.54, 1.807) is 0 Å². The van der Waals surface area contributed by atoms with Gasteiger partial charge in [0.05, 0.1) is 6.61 Å². The molecule has 0 aliphatic carbocycles. The molecule has 0 radical (unpaired) electrons. The fraction of sp³-hybridized carbons (Fsp3) is 0.125. The van der Waals surface area contributed by atoms with Gasteiger partial charge in [-0.2, -0.15) is 0 Å². The van der Waals surface area contributed by atoms with Crippen molar-refractivity contribution >= 4 is 5.97 Å². The molecule has 3 heteroatoms. The summed E-state index contributed by atoms with van der Waals surface area (Å²) < 4.78 is 5.30. The van der Waals surface area contributed by atoms with Crippen LogP contribution in [0.15, 0.2) is 79.4 Å². The SMILES string of the molecule is C=CC(=O)OCc1cc(-c2ccc(CO)cc2)ccc1-c1ccc(C)cc1. The summed E-state index contributed by atoms with van der Waals surface area (Å²) >= 11 is 0. The predicted molar refractivity (Wildman–Crippen MR) is 108 cm³/mol. The number of hydrogen-bond donors (Lipinski definition) is 1. The molecule has 3 aromatic rings. The Balaban J connectivity index is 2.00. The van der Waals surface area contributed by atoms with Crippen LogP contribution in [0.5, 0.6) is 0 Å². The molecule has 0 saturated carbocycles. The first-order valence-electron chi connectivity index (χ1n) is 8.80. The monoisotopic (exact) mass is 358 g/mol. The second-order valence-corrected chi connectivity index (χ2v) is 6.40. The third-order valence-electron chi connectivity index (χ3n) is 4.47. The minimum Gasteiger partial charge on any atom is -0.458 e. The molecule has 0 fully saturated rings. The first-order chi connectivity index (χ1) is 13.1. The van der Waals surface area contributed by atoms with Crippen LogP contribution in [-0.2, 0) is 22.7 Å². The molecule has 1 N–H and O–H groups in total. The van der Waals surface area contributed by atoms with Crippen LogP contribution in [0.4, 0.5) is 0 Å². The van der Waals surface area contributed by atoms with E-state index in [-0.39, 0.29) is 13.2 Å². The van der Waals surface area contributed by atoms with E-state index in [1.807, 2.05) is 30.3 Å². The summed E-state index contributed by atoms with van der Waals surface area (Å²) in [6.07, 6.45) is 1.17. The Bertz CT molecular complexity index is 938. The Hall–Kier alpha value is -3.17. The fourth-order valence-corrected chi connectivity index (χ4v) is 2.92. The van der Waals surface area contributed by atoms with Crippen LogP contribution in [0.1, 0.15) is 16.7 Å². The standard InChI is InChI=1S/C24H22O3/c1-3-24(26)27-16-22-14-21(19-10-6-18(15-25)7-11-19)12-13-23(22)20-8-4-17(2)5-9-20/h3-14,25H,1,15-16H2,2H3. The van der Waals surface area contributed by atoms with Crippen LogP contribution in [0, 0.1) is 6.92 Å². The number of carbonyl (C=O) groups is 1. The minimum atomic E-state index is -0.442. The average Bonchev–Trinajstić information content (AvgIpc) is 2.72. The normalized spacial score (nSPS) is 10.4. The quantitative estimate of drug-likeness (QED) is 0.495. The van der Waals surface area contributed by atoms with Gasteiger partial charge in [-0.1, -0.05) is 72.8 Å². The van der Waals surface area contributed by atoms with E-state index in [0.717, 1.165) is 33.4 Å². The highest BCUT2D eigenvalue weighted by Gasteiger charge is 2.10. The third kappa shape index (κ3) is 4.52. The van der Waals surface area contributed by atoms with E-state index in [2.05, 4.69) is 49.9 Å². The largest absolute Gasteiger partial charge is 0.458 e. The van der Waals surface area contributed by atoms with Gasteiger partial charge in [0.1, 0.15) is 6.61 Å². The summed E-state index contributed by atoms with van der Waals surface area (Å²) in [4.78, 5) is 11.5. The highest BCUT2D eigenvalue weighted by molar-refractivity contribution is 5.81. The van der Waals surface area contributed by atoms with Gasteiger partial charge in [-0.3, -0.25) is 0 Å². The van der Waals surface area contributed by atoms with Crippen molar-refractivity contribution in [2.75, 3.05) is 0 Å². The van der Waals surface area contributed by atoms with E-state index in [4.69, 9.17) is 4.74 Å². The van der Waals surface area contributed by atoms with Crippen LogP contribution < -0.4 is 0 Å². The Morgan fingerprint density at radius 2 is 1.59 bits per heavy atom. The molecule has 0 saturated heterocycles. The highest BCUT2D eigenvalue weighted by atomic mass is 16.5. The number of rotatable bonds is 6. The topological polar surface area (TPSA) is 46.5 Å². The summed E-state index contributed by atoms with van der Waals surface area (Å²) in [6, 6.07) is 22.2. The zero-order valence-corrected chi connectivity index (χ0v) is 15.3. The van der Waals surface area contributed by atoms with Crippen molar-refractivity contribution in [3.05, 3.63) is 96.1 Å². The zero-order valence-electron chi connectivity index (χ0n) is 15.3. The first kappa shape index (κ1) is 18.6. The number of aryl methyl sites for hydroxylation is 1. The van der Waals surface area contributed by atoms with Gasteiger partial charge in [-0.15, -0.1) is 0 Å². The van der Waals surface area contributed by atoms with Crippen molar-refractivity contribution in [1.82, 2.24) is 0 Å². The maximum absolute atomic E-state index is 11.5. The minimum absolute atomic E-state index is 0.0232. The summed E-state index contributed by atoms with van der Waals surface area (Å²) in [5.41, 5.74) is 7.17. The van der Waals surface area contributed by atoms with Gasteiger partial charge >= 0.3 is 5.97 Å². The van der Waals surface area contributed by atoms with Crippen LogP contribution in [0.25, 0.3) is 22.3 Å². The van der Waals surface area contributed by atoms with E-state index in [0.29, 0.717) is 0 Å². The lowest BCUT2D eigenvalue weighted by Gasteiger charge is -2.13. The molecule has 0 amide bonds. The fourth-order valence-electron chi connectivity index (χ4n) is 2.92. The summed E-state index contributed by atoms with van der Waals surface area (Å²) in [6.45, 7) is 5.70. The molecule has 27 heavy (non-hydrogen) atoms. The molecule has 0 aliphatic heterocycles. The van der Waals surface area contributed by atoms with Crippen LogP contribution in [-0.4, -0.2) is 11.1 Å². The van der Waals surface area contributed by atoms with Crippen molar-refractivity contribution in [3.8, 4) is 22.3 Å². The first-order valence-corrected chi connectivity index (χ1v) is 8.80. The van der Waals surface area contributed by atoms with Gasteiger partial charge in [0.2, 0.25) is 0 Å². The molecule has 0 bridgehead atoms. The molecule has 3 rings (SSSR count). The highest BCUT2D eigenvalue weighted by Crippen LogP contribution is 2.30. The lowest BCUT2D eigenvalue weighted by atomic mass is 9.94. The van der Waals surface area contributed by atoms with Gasteiger partial charge in [-0.05, 0) is 46.4 Å². The molecular formula is C24H22O3. The number of aliphatic hydroxyl groups excluding tert-OH is 1. The average molecular weight is 358 g/mol. The van der Waals surface area contributed by atoms with Crippen molar-refractivity contribution < 1.29 is 14.6 Å². The van der Waals surface area contributed by atoms with Crippen molar-refractivity contribution in [2.45, 2.75) is 20.1 Å². The number of aliphatic hydroxyl groups is 1. The molecule has 0 heterocycles. The number of carbonyl (C=O) groups excluding carboxylic acids is 1.